The van der Waals surface area contributed by atoms with Crippen LogP contribution < -0.4 is 0 Å². The van der Waals surface area contributed by atoms with Crippen molar-refractivity contribution < 1.29 is 14.8 Å². The Morgan fingerprint density at radius 3 is 2.67 bits per heavy atom. The van der Waals surface area contributed by atoms with Crippen LogP contribution in [0.1, 0.15) is 32.6 Å². The molecule has 0 aliphatic carbocycles. The van der Waals surface area contributed by atoms with Crippen molar-refractivity contribution in [1.82, 2.24) is 5.01 Å². The van der Waals surface area contributed by atoms with Crippen LogP contribution >= 0.6 is 22.7 Å². The third-order valence-electron chi connectivity index (χ3n) is 4.24. The summed E-state index contributed by atoms with van der Waals surface area (Å²) < 4.78 is 0. The highest BCUT2D eigenvalue weighted by Crippen LogP contribution is 2.40. The zero-order valence-corrected chi connectivity index (χ0v) is 15.4. The Balaban J connectivity index is 1.78. The van der Waals surface area contributed by atoms with Crippen LogP contribution in [-0.4, -0.2) is 26.7 Å². The topological polar surface area (TPSA) is 96.0 Å². The largest absolute Gasteiger partial charge is 0.508 e. The lowest BCUT2D eigenvalue weighted by atomic mass is 9.99. The van der Waals surface area contributed by atoms with Crippen LogP contribution in [0.4, 0.5) is 5.69 Å². The number of thiophene rings is 2. The molecule has 4 rings (SSSR count). The van der Waals surface area contributed by atoms with E-state index in [1.54, 1.807) is 17.5 Å². The number of nitro benzene ring substituents is 1. The van der Waals surface area contributed by atoms with Gasteiger partial charge in [0.25, 0.3) is 11.6 Å². The van der Waals surface area contributed by atoms with E-state index < -0.39 is 11.0 Å². The highest BCUT2D eigenvalue weighted by atomic mass is 32.1. The molecule has 1 aliphatic heterocycles. The smallest absolute Gasteiger partial charge is 0.284 e. The molecule has 2 aromatic heterocycles. The van der Waals surface area contributed by atoms with Crippen molar-refractivity contribution in [3.63, 3.8) is 0 Å². The molecule has 1 aliphatic rings. The van der Waals surface area contributed by atoms with E-state index in [9.17, 15) is 20.0 Å². The van der Waals surface area contributed by atoms with Gasteiger partial charge in [0.15, 0.2) is 0 Å². The Morgan fingerprint density at radius 2 is 2.00 bits per heavy atom. The number of aromatic hydroxyl groups is 1. The summed E-state index contributed by atoms with van der Waals surface area (Å²) in [7, 11) is 0. The molecular formula is C18H13N3O4S2. The fourth-order valence-corrected chi connectivity index (χ4v) is 4.34. The number of benzene rings is 1. The standard InChI is InChI=1S/C18H13N3O4S2/c22-15-6-5-11(21(24)25)9-12(15)14-10-13(16-3-1-7-26-16)19-20(14)18(23)17-4-2-8-27-17/h1-9,14,22H,10H2/t14-/m0/s1. The van der Waals surface area contributed by atoms with E-state index in [1.807, 2.05) is 17.5 Å². The molecule has 1 atom stereocenters. The van der Waals surface area contributed by atoms with Gasteiger partial charge in [-0.15, -0.1) is 22.7 Å². The first-order chi connectivity index (χ1) is 13.0. The second-order valence-electron chi connectivity index (χ2n) is 5.87. The van der Waals surface area contributed by atoms with Gasteiger partial charge in [0.1, 0.15) is 5.75 Å². The van der Waals surface area contributed by atoms with Crippen molar-refractivity contribution in [3.05, 3.63) is 78.7 Å². The predicted molar refractivity (Wildman–Crippen MR) is 103 cm³/mol. The summed E-state index contributed by atoms with van der Waals surface area (Å²) in [6, 6.07) is 10.5. The quantitative estimate of drug-likeness (QED) is 0.519. The minimum absolute atomic E-state index is 0.0998. The molecule has 0 bridgehead atoms. The van der Waals surface area contributed by atoms with Crippen molar-refractivity contribution in [3.8, 4) is 5.75 Å². The normalized spacial score (nSPS) is 16.4. The van der Waals surface area contributed by atoms with Crippen molar-refractivity contribution in [2.75, 3.05) is 0 Å². The molecule has 1 aromatic carbocycles. The lowest BCUT2D eigenvalue weighted by Crippen LogP contribution is -2.26. The molecule has 9 heteroatoms. The lowest BCUT2D eigenvalue weighted by Gasteiger charge is -2.22. The summed E-state index contributed by atoms with van der Waals surface area (Å²) in [6.07, 6.45) is 0.367. The van der Waals surface area contributed by atoms with Crippen LogP contribution in [-0.2, 0) is 0 Å². The zero-order chi connectivity index (χ0) is 19.0. The van der Waals surface area contributed by atoms with E-state index in [4.69, 9.17) is 0 Å². The van der Waals surface area contributed by atoms with Crippen molar-refractivity contribution in [2.45, 2.75) is 12.5 Å². The fourth-order valence-electron chi connectivity index (χ4n) is 2.97. The Bertz CT molecular complexity index is 1030. The third-order valence-corrected chi connectivity index (χ3v) is 6.01. The molecule has 0 spiro atoms. The molecule has 0 saturated heterocycles. The number of hydrazone groups is 1. The number of nitrogens with zero attached hydrogens (tertiary/aromatic N) is 3. The molecule has 3 aromatic rings. The van der Waals surface area contributed by atoms with Crippen LogP contribution in [0.3, 0.4) is 0 Å². The number of amides is 1. The van der Waals surface area contributed by atoms with Gasteiger partial charge < -0.3 is 5.11 Å². The maximum Gasteiger partial charge on any atom is 0.284 e. The molecule has 136 valence electrons. The summed E-state index contributed by atoms with van der Waals surface area (Å²) >= 11 is 2.80. The monoisotopic (exact) mass is 399 g/mol. The van der Waals surface area contributed by atoms with Crippen LogP contribution in [0.15, 0.2) is 58.3 Å². The van der Waals surface area contributed by atoms with Gasteiger partial charge in [-0.05, 0) is 29.0 Å². The predicted octanol–water partition coefficient (Wildman–Crippen LogP) is 4.41. The van der Waals surface area contributed by atoms with Gasteiger partial charge in [0.05, 0.1) is 26.4 Å². The second kappa shape index (κ2) is 6.93. The van der Waals surface area contributed by atoms with Crippen LogP contribution in [0, 0.1) is 10.1 Å². The van der Waals surface area contributed by atoms with Crippen molar-refractivity contribution in [2.24, 2.45) is 5.10 Å². The van der Waals surface area contributed by atoms with Gasteiger partial charge in [-0.2, -0.15) is 5.10 Å². The summed E-state index contributed by atoms with van der Waals surface area (Å²) in [5.41, 5.74) is 0.881. The molecule has 1 N–H and O–H groups in total. The minimum Gasteiger partial charge on any atom is -0.508 e. The van der Waals surface area contributed by atoms with Gasteiger partial charge >= 0.3 is 0 Å². The number of rotatable bonds is 4. The maximum absolute atomic E-state index is 13.0. The van der Waals surface area contributed by atoms with E-state index in [2.05, 4.69) is 5.10 Å². The fraction of sp³-hybridized carbons (Fsp3) is 0.111. The van der Waals surface area contributed by atoms with E-state index in [1.165, 1.54) is 45.9 Å². The van der Waals surface area contributed by atoms with Gasteiger partial charge in [0, 0.05) is 24.1 Å². The van der Waals surface area contributed by atoms with Gasteiger partial charge in [-0.25, -0.2) is 5.01 Å². The highest BCUT2D eigenvalue weighted by Gasteiger charge is 2.36. The molecule has 0 saturated carbocycles. The summed E-state index contributed by atoms with van der Waals surface area (Å²) in [5.74, 6) is -0.398. The molecule has 0 radical (unpaired) electrons. The number of phenols is 1. The number of carbonyl (C=O) groups excluding carboxylic acids is 1. The van der Waals surface area contributed by atoms with Crippen LogP contribution in [0.25, 0.3) is 0 Å². The SMILES string of the molecule is O=C(c1cccs1)N1N=C(c2cccs2)C[C@H]1c1cc([N+](=O)[O-])ccc1O. The molecule has 3 heterocycles. The van der Waals surface area contributed by atoms with E-state index in [-0.39, 0.29) is 17.3 Å². The first-order valence-electron chi connectivity index (χ1n) is 8.00. The Morgan fingerprint density at radius 1 is 1.22 bits per heavy atom. The Hall–Kier alpha value is -3.04. The minimum atomic E-state index is -0.614. The highest BCUT2D eigenvalue weighted by molar-refractivity contribution is 7.12. The summed E-state index contributed by atoms with van der Waals surface area (Å²) in [5, 5.41) is 31.0. The van der Waals surface area contributed by atoms with Gasteiger partial charge in [0.2, 0.25) is 0 Å². The first-order valence-corrected chi connectivity index (χ1v) is 9.76. The number of phenolic OH excluding ortho intramolecular Hbond substituents is 1. The molecule has 7 nitrogen and oxygen atoms in total. The average Bonchev–Trinajstić information content (AvgIpc) is 3.41. The number of hydrogen-bond donors (Lipinski definition) is 1. The zero-order valence-electron chi connectivity index (χ0n) is 13.8. The number of non-ortho nitro benzene ring substituents is 1. The van der Waals surface area contributed by atoms with Crippen molar-refractivity contribution >= 4 is 40.0 Å². The summed E-state index contributed by atoms with van der Waals surface area (Å²) in [6.45, 7) is 0. The molecule has 27 heavy (non-hydrogen) atoms. The number of hydrogen-bond acceptors (Lipinski definition) is 7. The van der Waals surface area contributed by atoms with Crippen molar-refractivity contribution in [1.29, 1.82) is 0 Å². The molecular weight excluding hydrogens is 386 g/mol. The summed E-state index contributed by atoms with van der Waals surface area (Å²) in [4.78, 5) is 25.0. The molecule has 1 amide bonds. The van der Waals surface area contributed by atoms with Crippen LogP contribution in [0.5, 0.6) is 5.75 Å². The Kier molecular flexibility index (Phi) is 4.46. The van der Waals surface area contributed by atoms with Gasteiger partial charge in [-0.3, -0.25) is 14.9 Å². The second-order valence-corrected chi connectivity index (χ2v) is 7.77. The van der Waals surface area contributed by atoms with E-state index >= 15 is 0 Å². The third kappa shape index (κ3) is 3.22. The van der Waals surface area contributed by atoms with E-state index in [0.717, 1.165) is 4.88 Å². The van der Waals surface area contributed by atoms with Gasteiger partial charge in [-0.1, -0.05) is 12.1 Å². The van der Waals surface area contributed by atoms with E-state index in [0.29, 0.717) is 22.6 Å². The number of carbonyl (C=O) groups is 1. The van der Waals surface area contributed by atoms with Crippen LogP contribution in [0.2, 0.25) is 0 Å². The molecule has 0 fully saturated rings. The number of nitro groups is 1. The molecule has 0 unspecified atom stereocenters. The average molecular weight is 399 g/mol. The lowest BCUT2D eigenvalue weighted by molar-refractivity contribution is -0.385. The maximum atomic E-state index is 13.0. The first kappa shape index (κ1) is 17.4. The Labute approximate surface area is 162 Å².